The molecule has 0 saturated carbocycles. The summed E-state index contributed by atoms with van der Waals surface area (Å²) in [5.41, 5.74) is 0. The molecule has 0 aliphatic carbocycles. The number of carbonyl (C=O) groups is 3. The molecule has 0 saturated heterocycles. The summed E-state index contributed by atoms with van der Waals surface area (Å²) in [6.07, 6.45) is 65.8. The molecule has 0 rings (SSSR count). The molecule has 2 atom stereocenters. The zero-order valence-electron chi connectivity index (χ0n) is 47.6. The third-order valence-corrected chi connectivity index (χ3v) is 13.0. The van der Waals surface area contributed by atoms with Crippen molar-refractivity contribution in [1.29, 1.82) is 0 Å². The first kappa shape index (κ1) is 69.0. The molecule has 0 bridgehead atoms. The highest BCUT2D eigenvalue weighted by molar-refractivity contribution is 5.71. The second-order valence-corrected chi connectivity index (χ2v) is 21.3. The minimum absolute atomic E-state index is 0.181. The number of nitrogens with zero attached hydrogens (tertiary/aromatic N) is 1. The van der Waals surface area contributed by atoms with Gasteiger partial charge in [0.2, 0.25) is 0 Å². The zero-order chi connectivity index (χ0) is 52.7. The van der Waals surface area contributed by atoms with Gasteiger partial charge in [-0.05, 0) is 57.8 Å². The van der Waals surface area contributed by atoms with Gasteiger partial charge < -0.3 is 28.5 Å². The number of rotatable bonds is 55. The van der Waals surface area contributed by atoms with Crippen LogP contribution in [0, 0.1) is 0 Å². The van der Waals surface area contributed by atoms with Crippen LogP contribution < -0.4 is 0 Å². The number of hydrogen-bond donors (Lipinski definition) is 1. The zero-order valence-corrected chi connectivity index (χ0v) is 47.6. The second kappa shape index (κ2) is 54.3. The Hall–Kier alpha value is -3.01. The van der Waals surface area contributed by atoms with Gasteiger partial charge in [-0.1, -0.05) is 254 Å². The number of ether oxygens (including phenoxy) is 4. The van der Waals surface area contributed by atoms with Gasteiger partial charge in [-0.2, -0.15) is 0 Å². The van der Waals surface area contributed by atoms with E-state index in [2.05, 4.69) is 74.6 Å². The average Bonchev–Trinajstić information content (AvgIpc) is 3.35. The van der Waals surface area contributed by atoms with Gasteiger partial charge in [0.1, 0.15) is 13.2 Å². The largest absolute Gasteiger partial charge is 0.477 e. The number of quaternary nitrogens is 1. The molecule has 0 fully saturated rings. The summed E-state index contributed by atoms with van der Waals surface area (Å²) in [5, 5.41) is 9.71. The summed E-state index contributed by atoms with van der Waals surface area (Å²) in [7, 11) is 5.97. The molecule has 9 nitrogen and oxygen atoms in total. The van der Waals surface area contributed by atoms with Gasteiger partial charge in [0.05, 0.1) is 34.4 Å². The van der Waals surface area contributed by atoms with Crippen LogP contribution in [0.4, 0.5) is 0 Å². The van der Waals surface area contributed by atoms with Crippen LogP contribution in [0.2, 0.25) is 0 Å². The molecule has 0 aliphatic rings. The number of carbonyl (C=O) groups excluding carboxylic acids is 2. The maximum Gasteiger partial charge on any atom is 0.361 e. The Morgan fingerprint density at radius 3 is 1.18 bits per heavy atom. The van der Waals surface area contributed by atoms with E-state index in [-0.39, 0.29) is 32.2 Å². The Kier molecular flexibility index (Phi) is 52.0. The third-order valence-electron chi connectivity index (χ3n) is 13.0. The monoisotopic (exact) mass is 1010 g/mol. The van der Waals surface area contributed by atoms with E-state index in [1.807, 2.05) is 21.1 Å². The maximum absolute atomic E-state index is 12.9. The van der Waals surface area contributed by atoms with Gasteiger partial charge in [0.15, 0.2) is 6.10 Å². The molecule has 0 radical (unpaired) electrons. The first-order valence-electron chi connectivity index (χ1n) is 30.0. The number of carboxylic acid groups (broad SMARTS) is 1. The van der Waals surface area contributed by atoms with Crippen molar-refractivity contribution in [2.45, 2.75) is 277 Å². The number of unbranched alkanes of at least 4 members (excludes halogenated alkanes) is 30. The second-order valence-electron chi connectivity index (χ2n) is 21.3. The van der Waals surface area contributed by atoms with Crippen LogP contribution in [0.5, 0.6) is 0 Å². The molecule has 0 amide bonds. The first-order chi connectivity index (χ1) is 35.1. The van der Waals surface area contributed by atoms with Crippen LogP contribution in [-0.4, -0.2) is 87.4 Å². The summed E-state index contributed by atoms with van der Waals surface area (Å²) in [6, 6.07) is 0. The van der Waals surface area contributed by atoms with Crippen LogP contribution in [0.15, 0.2) is 60.8 Å². The minimum Gasteiger partial charge on any atom is -0.477 e. The number of esters is 2. The van der Waals surface area contributed by atoms with Crippen molar-refractivity contribution >= 4 is 17.9 Å². The molecule has 2 unspecified atom stereocenters. The summed E-state index contributed by atoms with van der Waals surface area (Å²) in [5.74, 6) is -2.00. The van der Waals surface area contributed by atoms with Crippen molar-refractivity contribution in [2.75, 3.05) is 47.5 Å². The molecule has 1 N–H and O–H groups in total. The van der Waals surface area contributed by atoms with Gasteiger partial charge in [-0.3, -0.25) is 9.59 Å². The Bertz CT molecular complexity index is 1360. The highest BCUT2D eigenvalue weighted by atomic mass is 16.7. The number of likely N-dealkylation sites (N-methyl/N-ethyl adjacent to an activating group) is 1. The summed E-state index contributed by atoms with van der Waals surface area (Å²) in [6.45, 7) is 4.79. The van der Waals surface area contributed by atoms with Crippen molar-refractivity contribution in [2.24, 2.45) is 0 Å². The normalized spacial score (nSPS) is 13.2. The maximum atomic E-state index is 12.9. The van der Waals surface area contributed by atoms with Crippen LogP contribution in [-0.2, 0) is 33.3 Å². The lowest BCUT2D eigenvalue weighted by Crippen LogP contribution is -2.40. The quantitative estimate of drug-likeness (QED) is 0.0211. The van der Waals surface area contributed by atoms with Gasteiger partial charge in [-0.25, -0.2) is 4.79 Å². The van der Waals surface area contributed by atoms with E-state index >= 15 is 0 Å². The van der Waals surface area contributed by atoms with Gasteiger partial charge >= 0.3 is 17.9 Å². The standard InChI is InChI=1S/C63H113NO8/c1-6-8-10-12-14-16-18-20-22-24-26-28-29-30-31-32-33-34-36-38-40-42-44-46-48-50-52-54-61(66)72-59(58-71-63(62(67)68)69-56-55-64(3,4)5)57-70-60(65)53-51-49-47-45-43-41-39-37-35-27-25-23-21-19-17-15-13-11-9-7-2/h8,10,14,16,20,22,26,28,30-31,59,63H,6-7,9,11-13,15,17-19,21,23-25,27,29,32-58H2,1-5H3/p+1/b10-8-,16-14-,22-20-,28-26-,31-30-. The van der Waals surface area contributed by atoms with Crippen LogP contribution in [0.1, 0.15) is 264 Å². The van der Waals surface area contributed by atoms with E-state index in [0.29, 0.717) is 17.4 Å². The van der Waals surface area contributed by atoms with Crippen molar-refractivity contribution in [3.05, 3.63) is 60.8 Å². The average molecular weight is 1010 g/mol. The minimum atomic E-state index is -1.51. The molecule has 9 heteroatoms. The van der Waals surface area contributed by atoms with Crippen LogP contribution >= 0.6 is 0 Å². The van der Waals surface area contributed by atoms with Crippen LogP contribution in [0.3, 0.4) is 0 Å². The Labute approximate surface area is 444 Å². The van der Waals surface area contributed by atoms with Crippen molar-refractivity contribution in [1.82, 2.24) is 0 Å². The Morgan fingerprint density at radius 2 is 0.792 bits per heavy atom. The van der Waals surface area contributed by atoms with E-state index in [1.54, 1.807) is 0 Å². The number of hydrogen-bond acceptors (Lipinski definition) is 7. The summed E-state index contributed by atoms with van der Waals surface area (Å²) in [4.78, 5) is 37.5. The number of aliphatic carboxylic acids is 1. The molecule has 0 aromatic carbocycles. The van der Waals surface area contributed by atoms with Gasteiger partial charge in [-0.15, -0.1) is 0 Å². The third kappa shape index (κ3) is 54.8. The molecule has 0 aromatic rings. The lowest BCUT2D eigenvalue weighted by atomic mass is 10.0. The molecule has 0 spiro atoms. The lowest BCUT2D eigenvalue weighted by Gasteiger charge is -2.25. The number of allylic oxidation sites excluding steroid dienone is 10. The summed E-state index contributed by atoms with van der Waals surface area (Å²) >= 11 is 0. The van der Waals surface area contributed by atoms with Gasteiger partial charge in [0.25, 0.3) is 6.29 Å². The predicted octanol–water partition coefficient (Wildman–Crippen LogP) is 17.6. The topological polar surface area (TPSA) is 108 Å². The molecule has 0 aliphatic heterocycles. The van der Waals surface area contributed by atoms with E-state index in [4.69, 9.17) is 18.9 Å². The Balaban J connectivity index is 4.22. The van der Waals surface area contributed by atoms with E-state index < -0.39 is 24.3 Å². The first-order valence-corrected chi connectivity index (χ1v) is 30.0. The van der Waals surface area contributed by atoms with Crippen molar-refractivity contribution < 1.29 is 42.9 Å². The SMILES string of the molecule is CC/C=C\C/C=C\C/C=C\C/C=C\C/C=C\CCCCCCCCCCCCCC(=O)OC(COC(=O)CCCCCCCCCCCCCCCCCCCCCC)COC(OCC[N+](C)(C)C)C(=O)O. The molecular formula is C63H114NO8+. The molecule has 0 aromatic heterocycles. The van der Waals surface area contributed by atoms with E-state index in [0.717, 1.165) is 77.0 Å². The highest BCUT2D eigenvalue weighted by Gasteiger charge is 2.25. The van der Waals surface area contributed by atoms with E-state index in [1.165, 1.54) is 161 Å². The molecule has 0 heterocycles. The summed E-state index contributed by atoms with van der Waals surface area (Å²) < 4.78 is 22.9. The lowest BCUT2D eigenvalue weighted by molar-refractivity contribution is -0.870. The van der Waals surface area contributed by atoms with Crippen molar-refractivity contribution in [3.63, 3.8) is 0 Å². The number of carboxylic acids is 1. The van der Waals surface area contributed by atoms with Crippen molar-refractivity contribution in [3.8, 4) is 0 Å². The smallest absolute Gasteiger partial charge is 0.361 e. The molecule has 72 heavy (non-hydrogen) atoms. The van der Waals surface area contributed by atoms with E-state index in [9.17, 15) is 19.5 Å². The Morgan fingerprint density at radius 1 is 0.431 bits per heavy atom. The molecular weight excluding hydrogens is 899 g/mol. The fraction of sp³-hybridized carbons (Fsp3) is 0.794. The highest BCUT2D eigenvalue weighted by Crippen LogP contribution is 2.17. The van der Waals surface area contributed by atoms with Gasteiger partial charge in [0, 0.05) is 12.8 Å². The van der Waals surface area contributed by atoms with Crippen LogP contribution in [0.25, 0.3) is 0 Å². The predicted molar refractivity (Wildman–Crippen MR) is 304 cm³/mol. The fourth-order valence-corrected chi connectivity index (χ4v) is 8.45. The molecule has 418 valence electrons. The fourth-order valence-electron chi connectivity index (χ4n) is 8.45.